The quantitative estimate of drug-likeness (QED) is 0.209. The largest absolute Gasteiger partial charge is 0.489 e. The summed E-state index contributed by atoms with van der Waals surface area (Å²) in [6, 6.07) is 9.32. The van der Waals surface area contributed by atoms with Gasteiger partial charge in [-0.05, 0) is 37.6 Å². The molecule has 1 heterocycles. The molecule has 240 valence electrons. The van der Waals surface area contributed by atoms with E-state index in [1.165, 1.54) is 0 Å². The van der Waals surface area contributed by atoms with Gasteiger partial charge in [-0.25, -0.2) is 8.42 Å². The number of fused-ring (bicyclic) bond motifs is 1. The van der Waals surface area contributed by atoms with Crippen LogP contribution in [0.2, 0.25) is 5.02 Å². The van der Waals surface area contributed by atoms with Crippen molar-refractivity contribution in [2.24, 2.45) is 5.92 Å². The third kappa shape index (κ3) is 8.72. The molecule has 44 heavy (non-hydrogen) atoms. The summed E-state index contributed by atoms with van der Waals surface area (Å²) in [7, 11) is -3.90. The standard InChI is InChI=1S/C17H16ClF3O6S.C11H11Cl2NO2/c1-28(25,26)13-6-5-9(15(18)10(13)7-27-8-17(19,20)21)16(24)14-11(22)3-2-4-12(14)23;1-7-6-16-9-5-3-2-4-8(9)14(7)11(15)10(12)13/h5-6,14H,2-4,7-8H2,1H3;2-5,7,10H,6H2,1H3. The number of carbonyl (C=O) groups excluding carboxylic acids is 4. The van der Waals surface area contributed by atoms with Gasteiger partial charge in [-0.2, -0.15) is 13.2 Å². The third-order valence-corrected chi connectivity index (χ3v) is 8.59. The monoisotopic (exact) mass is 699 g/mol. The van der Waals surface area contributed by atoms with Crippen molar-refractivity contribution in [3.63, 3.8) is 0 Å². The summed E-state index contributed by atoms with van der Waals surface area (Å²) in [5, 5.41) is -0.457. The van der Waals surface area contributed by atoms with Gasteiger partial charge in [-0.3, -0.25) is 19.2 Å². The van der Waals surface area contributed by atoms with E-state index in [1.807, 2.05) is 31.2 Å². The Balaban J connectivity index is 0.000000278. The Morgan fingerprint density at radius 2 is 1.70 bits per heavy atom. The molecule has 1 saturated carbocycles. The number of sulfone groups is 1. The van der Waals surface area contributed by atoms with Crippen LogP contribution in [0.15, 0.2) is 41.3 Å². The molecular weight excluding hydrogens is 674 g/mol. The Hall–Kier alpha value is -2.71. The van der Waals surface area contributed by atoms with Crippen molar-refractivity contribution in [1.82, 2.24) is 0 Å². The van der Waals surface area contributed by atoms with Gasteiger partial charge in [0.15, 0.2) is 32.0 Å². The molecule has 1 fully saturated rings. The molecule has 1 amide bonds. The highest BCUT2D eigenvalue weighted by molar-refractivity contribution is 7.90. The SMILES string of the molecule is CC1COc2ccccc2N1C(=O)C(Cl)Cl.CS(=O)(=O)c1ccc(C(=O)C2C(=O)CCCC2=O)c(Cl)c1COCC(F)(F)F. The van der Waals surface area contributed by atoms with Gasteiger partial charge >= 0.3 is 6.18 Å². The van der Waals surface area contributed by atoms with E-state index in [0.29, 0.717) is 18.8 Å². The Morgan fingerprint density at radius 1 is 1.09 bits per heavy atom. The van der Waals surface area contributed by atoms with E-state index in [2.05, 4.69) is 4.74 Å². The molecule has 1 aliphatic heterocycles. The average molecular weight is 701 g/mol. The molecule has 16 heteroatoms. The van der Waals surface area contributed by atoms with Crippen LogP contribution in [-0.4, -0.2) is 68.2 Å². The Labute approximate surface area is 266 Å². The fourth-order valence-electron chi connectivity index (χ4n) is 4.64. The van der Waals surface area contributed by atoms with Crippen LogP contribution < -0.4 is 9.64 Å². The van der Waals surface area contributed by atoms with Crippen LogP contribution >= 0.6 is 34.8 Å². The molecule has 1 atom stereocenters. The number of hydrogen-bond donors (Lipinski definition) is 0. The van der Waals surface area contributed by atoms with Crippen molar-refractivity contribution in [3.8, 4) is 5.75 Å². The fourth-order valence-corrected chi connectivity index (χ4v) is 6.14. The maximum absolute atomic E-state index is 12.7. The van der Waals surface area contributed by atoms with Crippen LogP contribution in [0.1, 0.15) is 42.1 Å². The van der Waals surface area contributed by atoms with Crippen LogP contribution in [0.3, 0.4) is 0 Å². The number of anilines is 1. The highest BCUT2D eigenvalue weighted by Crippen LogP contribution is 2.35. The minimum Gasteiger partial charge on any atom is -0.489 e. The van der Waals surface area contributed by atoms with Crippen molar-refractivity contribution in [1.29, 1.82) is 0 Å². The number of ketones is 3. The van der Waals surface area contributed by atoms with E-state index in [9.17, 15) is 40.8 Å². The number of para-hydroxylation sites is 2. The van der Waals surface area contributed by atoms with E-state index in [-0.39, 0.29) is 35.9 Å². The molecule has 1 unspecified atom stereocenters. The van der Waals surface area contributed by atoms with Crippen LogP contribution in [0.4, 0.5) is 18.9 Å². The van der Waals surface area contributed by atoms with Crippen LogP contribution in [0.5, 0.6) is 5.75 Å². The molecule has 2 aromatic carbocycles. The van der Waals surface area contributed by atoms with Gasteiger partial charge in [-0.1, -0.05) is 46.9 Å². The zero-order valence-electron chi connectivity index (χ0n) is 23.3. The number of hydrogen-bond acceptors (Lipinski definition) is 8. The molecule has 2 aliphatic rings. The Bertz CT molecular complexity index is 1530. The summed E-state index contributed by atoms with van der Waals surface area (Å²) in [6.07, 6.45) is -3.40. The van der Waals surface area contributed by atoms with Crippen molar-refractivity contribution in [2.45, 2.75) is 54.7 Å². The van der Waals surface area contributed by atoms with Gasteiger partial charge < -0.3 is 14.4 Å². The summed E-state index contributed by atoms with van der Waals surface area (Å²) in [5.41, 5.74) is 0.0702. The van der Waals surface area contributed by atoms with E-state index >= 15 is 0 Å². The lowest BCUT2D eigenvalue weighted by Crippen LogP contribution is -2.47. The summed E-state index contributed by atoms with van der Waals surface area (Å²) in [5.74, 6) is -3.22. The van der Waals surface area contributed by atoms with Gasteiger partial charge in [0.05, 0.1) is 28.3 Å². The first-order valence-corrected chi connectivity index (χ1v) is 16.2. The zero-order valence-corrected chi connectivity index (χ0v) is 26.4. The van der Waals surface area contributed by atoms with Crippen molar-refractivity contribution < 1.29 is 50.2 Å². The predicted octanol–water partition coefficient (Wildman–Crippen LogP) is 5.55. The number of halogens is 6. The number of carbonyl (C=O) groups is 4. The van der Waals surface area contributed by atoms with E-state index in [1.54, 1.807) is 4.90 Å². The molecule has 1 aliphatic carbocycles. The Morgan fingerprint density at radius 3 is 2.27 bits per heavy atom. The third-order valence-electron chi connectivity index (χ3n) is 6.60. The van der Waals surface area contributed by atoms with Gasteiger partial charge in [0.25, 0.3) is 5.91 Å². The van der Waals surface area contributed by atoms with Crippen molar-refractivity contribution >= 4 is 73.6 Å². The molecule has 0 aromatic heterocycles. The smallest absolute Gasteiger partial charge is 0.411 e. The van der Waals surface area contributed by atoms with Gasteiger partial charge in [0.1, 0.15) is 24.9 Å². The van der Waals surface area contributed by atoms with Crippen molar-refractivity contribution in [2.75, 3.05) is 24.4 Å². The highest BCUT2D eigenvalue weighted by Gasteiger charge is 2.38. The summed E-state index contributed by atoms with van der Waals surface area (Å²) >= 11 is 17.4. The topological polar surface area (TPSA) is 124 Å². The zero-order chi connectivity index (χ0) is 33.0. The average Bonchev–Trinajstić information content (AvgIpc) is 2.92. The minimum atomic E-state index is -4.65. The molecule has 4 rings (SSSR count). The lowest BCUT2D eigenvalue weighted by molar-refractivity contribution is -0.176. The van der Waals surface area contributed by atoms with Gasteiger partial charge in [0.2, 0.25) is 0 Å². The maximum Gasteiger partial charge on any atom is 0.411 e. The molecular formula is C28H27Cl3F3NO8S. The number of Topliss-reactive ketones (excluding diaryl/α,β-unsaturated/α-hetero) is 3. The van der Waals surface area contributed by atoms with Crippen LogP contribution in [0, 0.1) is 5.92 Å². The molecule has 0 radical (unpaired) electrons. The van der Waals surface area contributed by atoms with Crippen molar-refractivity contribution in [3.05, 3.63) is 52.5 Å². The Kier molecular flexibility index (Phi) is 11.9. The van der Waals surface area contributed by atoms with Gasteiger partial charge in [-0.15, -0.1) is 0 Å². The van der Waals surface area contributed by atoms with Crippen LogP contribution in [0.25, 0.3) is 0 Å². The first-order chi connectivity index (χ1) is 20.4. The summed E-state index contributed by atoms with van der Waals surface area (Å²) < 4.78 is 70.8. The number of amides is 1. The second-order valence-electron chi connectivity index (χ2n) is 10.0. The molecule has 0 saturated heterocycles. The first kappa shape index (κ1) is 35.8. The van der Waals surface area contributed by atoms with Crippen LogP contribution in [-0.2, 0) is 35.6 Å². The first-order valence-electron chi connectivity index (χ1n) is 13.0. The molecule has 9 nitrogen and oxygen atoms in total. The molecule has 0 bridgehead atoms. The summed E-state index contributed by atoms with van der Waals surface area (Å²) in [6.45, 7) is -0.133. The number of rotatable bonds is 7. The van der Waals surface area contributed by atoms with E-state index in [4.69, 9.17) is 39.5 Å². The normalized spacial score (nSPS) is 17.5. The van der Waals surface area contributed by atoms with E-state index < -0.39 is 67.2 Å². The number of benzene rings is 2. The minimum absolute atomic E-state index is 0.0444. The lowest BCUT2D eigenvalue weighted by Gasteiger charge is -2.35. The fraction of sp³-hybridized carbons (Fsp3) is 0.429. The predicted molar refractivity (Wildman–Crippen MR) is 156 cm³/mol. The number of alkyl halides is 5. The lowest BCUT2D eigenvalue weighted by atomic mass is 9.81. The second kappa shape index (κ2) is 14.6. The van der Waals surface area contributed by atoms with E-state index in [0.717, 1.165) is 24.1 Å². The van der Waals surface area contributed by atoms with Gasteiger partial charge in [0, 0.05) is 30.2 Å². The summed E-state index contributed by atoms with van der Waals surface area (Å²) in [4.78, 5) is 48.7. The molecule has 2 aromatic rings. The molecule has 0 spiro atoms. The highest BCUT2D eigenvalue weighted by atomic mass is 35.5. The second-order valence-corrected chi connectivity index (χ2v) is 13.5. The molecule has 0 N–H and O–H groups in total. The number of nitrogens with zero attached hydrogens (tertiary/aromatic N) is 1. The number of ether oxygens (including phenoxy) is 2. The maximum atomic E-state index is 12.7.